The Labute approximate surface area is 152 Å². The van der Waals surface area contributed by atoms with Crippen LogP contribution in [0.5, 0.6) is 11.5 Å². The number of anilines is 1. The number of hydrogen-bond donors (Lipinski definition) is 1. The highest BCUT2D eigenvalue weighted by atomic mass is 19.3. The molecule has 1 N–H and O–H groups in total. The topological polar surface area (TPSA) is 73.9 Å². The molecule has 27 heavy (non-hydrogen) atoms. The fourth-order valence-electron chi connectivity index (χ4n) is 2.12. The average Bonchev–Trinajstić information content (AvgIpc) is 2.62. The lowest BCUT2D eigenvalue weighted by atomic mass is 10.2. The Bertz CT molecular complexity index is 842. The summed E-state index contributed by atoms with van der Waals surface area (Å²) in [5.41, 5.74) is 0.259. The van der Waals surface area contributed by atoms with Crippen LogP contribution in [0, 0.1) is 12.7 Å². The highest BCUT2D eigenvalue weighted by molar-refractivity contribution is 5.97. The molecular weight excluding hydrogens is 367 g/mol. The molecule has 0 atom stereocenters. The molecule has 0 aliphatic carbocycles. The number of rotatable bonds is 7. The van der Waals surface area contributed by atoms with E-state index in [-0.39, 0.29) is 17.0 Å². The molecule has 0 radical (unpaired) electrons. The molecule has 0 heterocycles. The molecule has 0 aliphatic rings. The Morgan fingerprint density at radius 1 is 1.19 bits per heavy atom. The van der Waals surface area contributed by atoms with Crippen LogP contribution in [0.25, 0.3) is 0 Å². The minimum atomic E-state index is -3.19. The van der Waals surface area contributed by atoms with Gasteiger partial charge in [-0.1, -0.05) is 12.1 Å². The van der Waals surface area contributed by atoms with Gasteiger partial charge in [-0.3, -0.25) is 4.79 Å². The second-order valence-corrected chi connectivity index (χ2v) is 5.30. The number of esters is 1. The van der Waals surface area contributed by atoms with Crippen molar-refractivity contribution in [2.24, 2.45) is 0 Å². The number of benzene rings is 2. The maximum Gasteiger partial charge on any atom is 0.387 e. The molecule has 9 heteroatoms. The van der Waals surface area contributed by atoms with Crippen molar-refractivity contribution in [2.45, 2.75) is 13.5 Å². The van der Waals surface area contributed by atoms with Crippen molar-refractivity contribution in [1.82, 2.24) is 0 Å². The number of nitrogens with one attached hydrogen (secondary N) is 1. The van der Waals surface area contributed by atoms with E-state index in [1.807, 2.05) is 0 Å². The number of para-hydroxylation sites is 1. The Morgan fingerprint density at radius 2 is 1.93 bits per heavy atom. The normalized spacial score (nSPS) is 10.4. The van der Waals surface area contributed by atoms with Crippen LogP contribution in [0.2, 0.25) is 0 Å². The summed E-state index contributed by atoms with van der Waals surface area (Å²) in [5.74, 6) is -2.89. The average molecular weight is 383 g/mol. The molecule has 6 nitrogen and oxygen atoms in total. The number of ether oxygens (including phenoxy) is 3. The molecule has 0 saturated heterocycles. The molecule has 0 fully saturated rings. The van der Waals surface area contributed by atoms with Gasteiger partial charge in [-0.2, -0.15) is 8.78 Å². The van der Waals surface area contributed by atoms with Crippen LogP contribution in [0.4, 0.5) is 18.9 Å². The number of amides is 1. The van der Waals surface area contributed by atoms with E-state index in [1.165, 1.54) is 37.4 Å². The van der Waals surface area contributed by atoms with Gasteiger partial charge in [0.05, 0.1) is 7.11 Å². The fraction of sp³-hybridized carbons (Fsp3) is 0.222. The Morgan fingerprint density at radius 3 is 2.56 bits per heavy atom. The molecule has 0 saturated carbocycles. The van der Waals surface area contributed by atoms with E-state index in [9.17, 15) is 22.8 Å². The van der Waals surface area contributed by atoms with Crippen LogP contribution in [-0.2, 0) is 9.53 Å². The van der Waals surface area contributed by atoms with Crippen molar-refractivity contribution in [3.63, 3.8) is 0 Å². The summed E-state index contributed by atoms with van der Waals surface area (Å²) in [4.78, 5) is 24.0. The van der Waals surface area contributed by atoms with E-state index in [0.29, 0.717) is 5.56 Å². The standard InChI is InChI=1S/C18H16F3NO5/c1-10-6-7-11(8-13(10)19)22-15(23)9-26-17(24)12-4-3-5-14(25-2)16(12)27-18(20)21/h3-8,18H,9H2,1-2H3,(H,22,23). The van der Waals surface area contributed by atoms with Crippen LogP contribution < -0.4 is 14.8 Å². The smallest absolute Gasteiger partial charge is 0.387 e. The highest BCUT2D eigenvalue weighted by Gasteiger charge is 2.22. The minimum absolute atomic E-state index is 0.0932. The third kappa shape index (κ3) is 5.37. The van der Waals surface area contributed by atoms with Crippen molar-refractivity contribution >= 4 is 17.6 Å². The number of alkyl halides is 2. The summed E-state index contributed by atoms with van der Waals surface area (Å²) >= 11 is 0. The second kappa shape index (κ2) is 8.93. The van der Waals surface area contributed by atoms with Gasteiger partial charge in [0, 0.05) is 5.69 Å². The van der Waals surface area contributed by atoms with E-state index in [1.54, 1.807) is 6.92 Å². The molecule has 0 unspecified atom stereocenters. The van der Waals surface area contributed by atoms with Gasteiger partial charge >= 0.3 is 12.6 Å². The van der Waals surface area contributed by atoms with Gasteiger partial charge in [0.2, 0.25) is 0 Å². The second-order valence-electron chi connectivity index (χ2n) is 5.30. The van der Waals surface area contributed by atoms with E-state index >= 15 is 0 Å². The van der Waals surface area contributed by atoms with Crippen molar-refractivity contribution in [1.29, 1.82) is 0 Å². The molecule has 0 aromatic heterocycles. The van der Waals surface area contributed by atoms with Crippen LogP contribution in [0.15, 0.2) is 36.4 Å². The van der Waals surface area contributed by atoms with Gasteiger partial charge in [-0.15, -0.1) is 0 Å². The number of methoxy groups -OCH3 is 1. The van der Waals surface area contributed by atoms with E-state index in [4.69, 9.17) is 9.47 Å². The predicted molar refractivity (Wildman–Crippen MR) is 89.7 cm³/mol. The number of carbonyl (C=O) groups excluding carboxylic acids is 2. The summed E-state index contributed by atoms with van der Waals surface area (Å²) in [7, 11) is 1.22. The van der Waals surface area contributed by atoms with Crippen molar-refractivity contribution in [3.8, 4) is 11.5 Å². The number of halogens is 3. The Kier molecular flexibility index (Phi) is 6.64. The van der Waals surface area contributed by atoms with E-state index < -0.39 is 36.7 Å². The lowest BCUT2D eigenvalue weighted by molar-refractivity contribution is -0.119. The van der Waals surface area contributed by atoms with Crippen molar-refractivity contribution in [2.75, 3.05) is 19.0 Å². The van der Waals surface area contributed by atoms with Gasteiger partial charge in [-0.25, -0.2) is 9.18 Å². The van der Waals surface area contributed by atoms with Crippen LogP contribution in [-0.4, -0.2) is 32.2 Å². The molecule has 1 amide bonds. The lowest BCUT2D eigenvalue weighted by Crippen LogP contribution is -2.21. The highest BCUT2D eigenvalue weighted by Crippen LogP contribution is 2.32. The molecule has 2 aromatic carbocycles. The Balaban J connectivity index is 2.04. The first-order valence-electron chi connectivity index (χ1n) is 7.66. The van der Waals surface area contributed by atoms with Gasteiger partial charge in [0.15, 0.2) is 18.1 Å². The molecule has 2 rings (SSSR count). The van der Waals surface area contributed by atoms with Gasteiger partial charge in [0.25, 0.3) is 5.91 Å². The van der Waals surface area contributed by atoms with Gasteiger partial charge < -0.3 is 19.5 Å². The first-order valence-corrected chi connectivity index (χ1v) is 7.66. The third-order valence-electron chi connectivity index (χ3n) is 3.42. The van der Waals surface area contributed by atoms with Crippen LogP contribution in [0.3, 0.4) is 0 Å². The van der Waals surface area contributed by atoms with Crippen LogP contribution >= 0.6 is 0 Å². The zero-order chi connectivity index (χ0) is 20.0. The van der Waals surface area contributed by atoms with Gasteiger partial charge in [-0.05, 0) is 36.8 Å². The molecule has 0 spiro atoms. The quantitative estimate of drug-likeness (QED) is 0.741. The largest absolute Gasteiger partial charge is 0.493 e. The summed E-state index contributed by atoms with van der Waals surface area (Å²) < 4.78 is 52.6. The molecular formula is C18H16F3NO5. The Hall–Kier alpha value is -3.23. The minimum Gasteiger partial charge on any atom is -0.493 e. The first kappa shape index (κ1) is 20.1. The number of carbonyl (C=O) groups is 2. The monoisotopic (exact) mass is 383 g/mol. The SMILES string of the molecule is COc1cccc(C(=O)OCC(=O)Nc2ccc(C)c(F)c2)c1OC(F)F. The van der Waals surface area contributed by atoms with Gasteiger partial charge in [0.1, 0.15) is 11.4 Å². The van der Waals surface area contributed by atoms with Crippen molar-refractivity contribution < 1.29 is 37.0 Å². The third-order valence-corrected chi connectivity index (χ3v) is 3.42. The van der Waals surface area contributed by atoms with E-state index in [0.717, 1.165) is 6.07 Å². The fourth-order valence-corrected chi connectivity index (χ4v) is 2.12. The first-order chi connectivity index (χ1) is 12.8. The zero-order valence-electron chi connectivity index (χ0n) is 14.4. The lowest BCUT2D eigenvalue weighted by Gasteiger charge is -2.13. The summed E-state index contributed by atoms with van der Waals surface area (Å²) in [6, 6.07) is 7.97. The number of hydrogen-bond acceptors (Lipinski definition) is 5. The van der Waals surface area contributed by atoms with Crippen LogP contribution in [0.1, 0.15) is 15.9 Å². The summed E-state index contributed by atoms with van der Waals surface area (Å²) in [6.07, 6.45) is 0. The maximum absolute atomic E-state index is 13.5. The summed E-state index contributed by atoms with van der Waals surface area (Å²) in [6.45, 7) is -2.33. The summed E-state index contributed by atoms with van der Waals surface area (Å²) in [5, 5.41) is 2.35. The van der Waals surface area contributed by atoms with E-state index in [2.05, 4.69) is 10.1 Å². The predicted octanol–water partition coefficient (Wildman–Crippen LogP) is 3.54. The van der Waals surface area contributed by atoms with Crippen molar-refractivity contribution in [3.05, 3.63) is 53.3 Å². The molecule has 0 bridgehead atoms. The molecule has 144 valence electrons. The maximum atomic E-state index is 13.5. The molecule has 0 aliphatic heterocycles. The zero-order valence-corrected chi connectivity index (χ0v) is 14.4. The molecule has 2 aromatic rings. The number of aryl methyl sites for hydroxylation is 1.